The van der Waals surface area contributed by atoms with Crippen molar-refractivity contribution in [1.29, 1.82) is 0 Å². The van der Waals surface area contributed by atoms with Crippen molar-refractivity contribution in [3.8, 4) is 0 Å². The Balaban J connectivity index is 2.96. The Bertz CT molecular complexity index is 75.5. The smallest absolute Gasteiger partial charge is 0.133 e. The number of ether oxygens (including phenoxy) is 1. The first-order valence-corrected chi connectivity index (χ1v) is 2.98. The lowest BCUT2D eigenvalue weighted by Gasteiger charge is -2.07. The van der Waals surface area contributed by atoms with Crippen molar-refractivity contribution < 1.29 is 9.53 Å². The number of hydrogen-bond donors (Lipinski definition) is 1. The van der Waals surface area contributed by atoms with Gasteiger partial charge in [-0.3, -0.25) is 0 Å². The molecule has 0 aromatic rings. The molecule has 0 aromatic carbocycles. The fourth-order valence-electron chi connectivity index (χ4n) is 0.429. The highest BCUT2D eigenvalue weighted by atomic mass is 16.5. The summed E-state index contributed by atoms with van der Waals surface area (Å²) in [7, 11) is 1.65. The minimum absolute atomic E-state index is 0.185. The lowest BCUT2D eigenvalue weighted by Crippen LogP contribution is -2.27. The average molecular weight is 131 g/mol. The molecule has 0 aromatic heterocycles. The Kier molecular flexibility index (Phi) is 5.46. The summed E-state index contributed by atoms with van der Waals surface area (Å²) >= 11 is 0. The lowest BCUT2D eigenvalue weighted by molar-refractivity contribution is -0.107. The third-order valence-electron chi connectivity index (χ3n) is 1.06. The van der Waals surface area contributed by atoms with Crippen LogP contribution in [0.1, 0.15) is 6.92 Å². The predicted molar refractivity (Wildman–Crippen MR) is 35.4 cm³/mol. The van der Waals surface area contributed by atoms with E-state index >= 15 is 0 Å². The van der Waals surface area contributed by atoms with Crippen LogP contribution in [0.15, 0.2) is 0 Å². The van der Waals surface area contributed by atoms with Gasteiger partial charge in [0.2, 0.25) is 0 Å². The molecule has 0 rings (SSSR count). The number of aldehydes is 1. The first kappa shape index (κ1) is 8.59. The van der Waals surface area contributed by atoms with E-state index in [1.807, 2.05) is 6.92 Å². The normalized spacial score (nSPS) is 13.1. The number of hydrogen-bond acceptors (Lipinski definition) is 3. The Hall–Kier alpha value is -0.410. The molecular formula is C6H13NO2. The third kappa shape index (κ3) is 5.46. The highest BCUT2D eigenvalue weighted by Gasteiger charge is 1.95. The third-order valence-corrected chi connectivity index (χ3v) is 1.06. The predicted octanol–water partition coefficient (Wildman–Crippen LogP) is -0.190. The van der Waals surface area contributed by atoms with Gasteiger partial charge in [0.05, 0.1) is 12.6 Å². The molecule has 1 N–H and O–H groups in total. The molecule has 0 saturated heterocycles. The molecule has 0 heterocycles. The van der Waals surface area contributed by atoms with Crippen molar-refractivity contribution >= 4 is 6.29 Å². The maximum Gasteiger partial charge on any atom is 0.133 e. The molecule has 1 atom stereocenters. The molecule has 0 amide bonds. The van der Waals surface area contributed by atoms with Gasteiger partial charge in [-0.05, 0) is 6.92 Å². The van der Waals surface area contributed by atoms with E-state index in [0.29, 0.717) is 6.54 Å². The summed E-state index contributed by atoms with van der Waals surface area (Å²) in [4.78, 5) is 9.77. The Morgan fingerprint density at radius 1 is 1.78 bits per heavy atom. The second-order valence-electron chi connectivity index (χ2n) is 1.87. The number of rotatable bonds is 5. The summed E-state index contributed by atoms with van der Waals surface area (Å²) in [5.74, 6) is 0. The van der Waals surface area contributed by atoms with Gasteiger partial charge in [-0.25, -0.2) is 0 Å². The second kappa shape index (κ2) is 5.72. The summed E-state index contributed by atoms with van der Waals surface area (Å²) in [6.07, 6.45) is 1.02. The summed E-state index contributed by atoms with van der Waals surface area (Å²) in [5, 5.41) is 2.89. The highest BCUT2D eigenvalue weighted by Crippen LogP contribution is 1.81. The zero-order chi connectivity index (χ0) is 7.11. The molecule has 54 valence electrons. The molecule has 0 spiro atoms. The van der Waals surface area contributed by atoms with Crippen LogP contribution in [0.4, 0.5) is 0 Å². The average Bonchev–Trinajstić information content (AvgIpc) is 1.89. The Morgan fingerprint density at radius 3 is 2.89 bits per heavy atom. The van der Waals surface area contributed by atoms with E-state index in [-0.39, 0.29) is 6.10 Å². The van der Waals surface area contributed by atoms with Crippen molar-refractivity contribution in [2.45, 2.75) is 13.0 Å². The van der Waals surface area contributed by atoms with Crippen LogP contribution in [0.25, 0.3) is 0 Å². The summed E-state index contributed by atoms with van der Waals surface area (Å²) in [6.45, 7) is 3.08. The largest absolute Gasteiger partial charge is 0.380 e. The van der Waals surface area contributed by atoms with Crippen LogP contribution in [0, 0.1) is 0 Å². The van der Waals surface area contributed by atoms with E-state index in [4.69, 9.17) is 4.74 Å². The monoisotopic (exact) mass is 131 g/mol. The second-order valence-corrected chi connectivity index (χ2v) is 1.87. The van der Waals surface area contributed by atoms with Crippen LogP contribution >= 0.6 is 0 Å². The summed E-state index contributed by atoms with van der Waals surface area (Å²) in [5.41, 5.74) is 0. The maximum absolute atomic E-state index is 9.77. The zero-order valence-corrected chi connectivity index (χ0v) is 5.89. The van der Waals surface area contributed by atoms with Gasteiger partial charge < -0.3 is 14.8 Å². The lowest BCUT2D eigenvalue weighted by atomic mass is 10.4. The van der Waals surface area contributed by atoms with Crippen LogP contribution in [-0.2, 0) is 9.53 Å². The molecule has 3 heteroatoms. The topological polar surface area (TPSA) is 38.3 Å². The first-order valence-electron chi connectivity index (χ1n) is 2.98. The molecule has 1 unspecified atom stereocenters. The number of methoxy groups -OCH3 is 1. The van der Waals surface area contributed by atoms with Crippen molar-refractivity contribution in [2.75, 3.05) is 20.2 Å². The molecule has 0 aliphatic rings. The molecule has 0 bridgehead atoms. The zero-order valence-electron chi connectivity index (χ0n) is 5.89. The van der Waals surface area contributed by atoms with Crippen molar-refractivity contribution in [3.63, 3.8) is 0 Å². The van der Waals surface area contributed by atoms with E-state index in [0.717, 1.165) is 12.8 Å². The van der Waals surface area contributed by atoms with Gasteiger partial charge in [-0.2, -0.15) is 0 Å². The summed E-state index contributed by atoms with van der Waals surface area (Å²) in [6, 6.07) is 0. The van der Waals surface area contributed by atoms with Gasteiger partial charge in [0, 0.05) is 13.7 Å². The van der Waals surface area contributed by atoms with Crippen molar-refractivity contribution in [3.05, 3.63) is 0 Å². The van der Waals surface area contributed by atoms with Gasteiger partial charge in [0.1, 0.15) is 6.29 Å². The van der Waals surface area contributed by atoms with E-state index < -0.39 is 0 Å². The Morgan fingerprint density at radius 2 is 2.44 bits per heavy atom. The standard InChI is InChI=1S/C6H13NO2/c1-6(9-2)5-7-3-4-8/h4,6-7H,3,5H2,1-2H3. The number of carbonyl (C=O) groups is 1. The molecule has 0 fully saturated rings. The van der Waals surface area contributed by atoms with Crippen molar-refractivity contribution in [1.82, 2.24) is 5.32 Å². The quantitative estimate of drug-likeness (QED) is 0.415. The van der Waals surface area contributed by atoms with Gasteiger partial charge in [-0.15, -0.1) is 0 Å². The van der Waals surface area contributed by atoms with Gasteiger partial charge in [0.25, 0.3) is 0 Å². The van der Waals surface area contributed by atoms with Crippen LogP contribution in [-0.4, -0.2) is 32.6 Å². The first-order chi connectivity index (χ1) is 4.31. The van der Waals surface area contributed by atoms with Gasteiger partial charge in [0.15, 0.2) is 0 Å². The van der Waals surface area contributed by atoms with Crippen LogP contribution in [0.3, 0.4) is 0 Å². The summed E-state index contributed by atoms with van der Waals surface area (Å²) < 4.78 is 4.92. The molecule has 3 nitrogen and oxygen atoms in total. The van der Waals surface area contributed by atoms with E-state index in [1.54, 1.807) is 7.11 Å². The minimum atomic E-state index is 0.185. The van der Waals surface area contributed by atoms with E-state index in [1.165, 1.54) is 0 Å². The Labute approximate surface area is 55.4 Å². The molecule has 0 saturated carbocycles. The molecule has 0 radical (unpaired) electrons. The molecule has 0 aliphatic heterocycles. The van der Waals surface area contributed by atoms with E-state index in [9.17, 15) is 4.79 Å². The molecular weight excluding hydrogens is 118 g/mol. The minimum Gasteiger partial charge on any atom is -0.380 e. The maximum atomic E-state index is 9.77. The van der Waals surface area contributed by atoms with E-state index in [2.05, 4.69) is 5.32 Å². The van der Waals surface area contributed by atoms with Crippen LogP contribution in [0.2, 0.25) is 0 Å². The van der Waals surface area contributed by atoms with Crippen molar-refractivity contribution in [2.24, 2.45) is 0 Å². The highest BCUT2D eigenvalue weighted by molar-refractivity contribution is 5.51. The molecule has 0 aliphatic carbocycles. The number of nitrogens with one attached hydrogen (secondary N) is 1. The van der Waals surface area contributed by atoms with Gasteiger partial charge in [-0.1, -0.05) is 0 Å². The van der Waals surface area contributed by atoms with Crippen LogP contribution < -0.4 is 5.32 Å². The SMILES string of the molecule is COC(C)CNCC=O. The van der Waals surface area contributed by atoms with Gasteiger partial charge >= 0.3 is 0 Å². The number of carbonyl (C=O) groups excluding carboxylic acids is 1. The van der Waals surface area contributed by atoms with Crippen LogP contribution in [0.5, 0.6) is 0 Å². The molecule has 9 heavy (non-hydrogen) atoms. The fourth-order valence-corrected chi connectivity index (χ4v) is 0.429. The fraction of sp³-hybridized carbons (Fsp3) is 0.833.